The van der Waals surface area contributed by atoms with Crippen molar-refractivity contribution < 1.29 is 15.0 Å². The Kier molecular flexibility index (Phi) is 39.1. The van der Waals surface area contributed by atoms with Crippen LogP contribution in [-0.2, 0) is 4.79 Å². The third kappa shape index (κ3) is 38.1. The molecule has 2 atom stereocenters. The lowest BCUT2D eigenvalue weighted by molar-refractivity contribution is -0.123. The molecule has 0 saturated heterocycles. The van der Waals surface area contributed by atoms with E-state index in [9.17, 15) is 15.0 Å². The van der Waals surface area contributed by atoms with E-state index in [0.29, 0.717) is 6.42 Å². The number of aliphatic hydroxyl groups excluding tert-OH is 2. The third-order valence-corrected chi connectivity index (χ3v) is 8.48. The molecule has 4 heteroatoms. The fourth-order valence-corrected chi connectivity index (χ4v) is 5.39. The monoisotopic (exact) mass is 704 g/mol. The number of rotatable bonds is 35. The topological polar surface area (TPSA) is 69.6 Å². The standard InChI is InChI=1S/C47H77NO3/c1-3-5-7-9-11-13-15-16-17-18-19-20-21-22-23-24-25-26-27-28-29-30-31-32-33-35-37-39-41-43-47(51)48-45(44-49)46(50)42-40-38-36-34-14-12-10-8-6-4-2/h5-8,11,13-14,16-17,19-20,22-23,25-26,34,40,42,45-46,49-50H,3-4,9-10,12,15,18,21,24,27-33,35-39,41,43-44H2,1-2H3,(H,48,51)/b7-5-,8-6+,13-11-,17-16-,20-19-,23-22-,26-25-,34-14+,42-40+. The number of hydrogen-bond donors (Lipinski definition) is 3. The van der Waals surface area contributed by atoms with Crippen molar-refractivity contribution in [2.24, 2.45) is 0 Å². The minimum absolute atomic E-state index is 0.0921. The Morgan fingerprint density at radius 1 is 0.471 bits per heavy atom. The van der Waals surface area contributed by atoms with E-state index in [-0.39, 0.29) is 12.5 Å². The number of carbonyl (C=O) groups excluding carboxylic acids is 1. The zero-order valence-electron chi connectivity index (χ0n) is 32.8. The molecule has 0 heterocycles. The van der Waals surface area contributed by atoms with E-state index >= 15 is 0 Å². The molecule has 4 nitrogen and oxygen atoms in total. The van der Waals surface area contributed by atoms with Gasteiger partial charge in [0, 0.05) is 6.42 Å². The first-order valence-corrected chi connectivity index (χ1v) is 20.6. The zero-order chi connectivity index (χ0) is 37.1. The SMILES string of the molecule is CC/C=C\C/C=C\C/C=C\C/C=C\C/C=C\C/C=C\CCCCCCCCCCCCC(=O)NC(CO)C(O)/C=C/CC/C=C/CC/C=C/CC. The van der Waals surface area contributed by atoms with E-state index in [4.69, 9.17) is 0 Å². The summed E-state index contributed by atoms with van der Waals surface area (Å²) in [5.41, 5.74) is 0. The molecule has 0 aromatic carbocycles. The Bertz CT molecular complexity index is 1030. The number of carbonyl (C=O) groups is 1. The molecule has 0 spiro atoms. The van der Waals surface area contributed by atoms with Gasteiger partial charge in [-0.15, -0.1) is 0 Å². The molecule has 51 heavy (non-hydrogen) atoms. The van der Waals surface area contributed by atoms with Crippen LogP contribution in [0.5, 0.6) is 0 Å². The third-order valence-electron chi connectivity index (χ3n) is 8.48. The van der Waals surface area contributed by atoms with Crippen molar-refractivity contribution in [2.45, 2.75) is 174 Å². The van der Waals surface area contributed by atoms with Gasteiger partial charge in [-0.1, -0.05) is 175 Å². The van der Waals surface area contributed by atoms with Crippen LogP contribution in [0.3, 0.4) is 0 Å². The van der Waals surface area contributed by atoms with Gasteiger partial charge in [-0.2, -0.15) is 0 Å². The average Bonchev–Trinajstić information content (AvgIpc) is 3.13. The number of unbranched alkanes of at least 4 members (excludes halogenated alkanes) is 12. The lowest BCUT2D eigenvalue weighted by atomic mass is 10.0. The van der Waals surface area contributed by atoms with Crippen LogP contribution >= 0.6 is 0 Å². The van der Waals surface area contributed by atoms with Crippen molar-refractivity contribution in [3.05, 3.63) is 109 Å². The Hall–Kier alpha value is -2.95. The molecule has 1 amide bonds. The fraction of sp³-hybridized carbons (Fsp3) is 0.596. The molecule has 0 aliphatic heterocycles. The van der Waals surface area contributed by atoms with Gasteiger partial charge in [-0.25, -0.2) is 0 Å². The van der Waals surface area contributed by atoms with Crippen LogP contribution in [0.15, 0.2) is 109 Å². The van der Waals surface area contributed by atoms with Crippen molar-refractivity contribution in [1.29, 1.82) is 0 Å². The summed E-state index contributed by atoms with van der Waals surface area (Å²) < 4.78 is 0. The minimum atomic E-state index is -0.876. The lowest BCUT2D eigenvalue weighted by Gasteiger charge is -2.19. The molecule has 0 radical (unpaired) electrons. The second kappa shape index (κ2) is 41.5. The molecule has 0 bridgehead atoms. The van der Waals surface area contributed by atoms with Crippen LogP contribution in [0, 0.1) is 0 Å². The van der Waals surface area contributed by atoms with Crippen molar-refractivity contribution in [3.8, 4) is 0 Å². The van der Waals surface area contributed by atoms with Crippen LogP contribution in [-0.4, -0.2) is 34.9 Å². The summed E-state index contributed by atoms with van der Waals surface area (Å²) in [7, 11) is 0. The molecule has 288 valence electrons. The van der Waals surface area contributed by atoms with Crippen LogP contribution in [0.1, 0.15) is 162 Å². The summed E-state index contributed by atoms with van der Waals surface area (Å²) in [5.74, 6) is -0.0921. The first kappa shape index (κ1) is 48.1. The number of hydrogen-bond acceptors (Lipinski definition) is 3. The minimum Gasteiger partial charge on any atom is -0.394 e. The predicted octanol–water partition coefficient (Wildman–Crippen LogP) is 12.8. The summed E-state index contributed by atoms with van der Waals surface area (Å²) in [6.45, 7) is 4.03. The molecular formula is C47H77NO3. The van der Waals surface area contributed by atoms with E-state index in [1.54, 1.807) is 6.08 Å². The Morgan fingerprint density at radius 2 is 0.824 bits per heavy atom. The van der Waals surface area contributed by atoms with Gasteiger partial charge in [-0.05, 0) is 89.9 Å². The molecule has 0 rings (SSSR count). The summed E-state index contributed by atoms with van der Waals surface area (Å²) in [6, 6.07) is -0.653. The zero-order valence-corrected chi connectivity index (χ0v) is 32.8. The van der Waals surface area contributed by atoms with Crippen LogP contribution in [0.2, 0.25) is 0 Å². The number of nitrogens with one attached hydrogen (secondary N) is 1. The quantitative estimate of drug-likeness (QED) is 0.0454. The summed E-state index contributed by atoms with van der Waals surface area (Å²) >= 11 is 0. The highest BCUT2D eigenvalue weighted by Gasteiger charge is 2.17. The number of amides is 1. The second-order valence-corrected chi connectivity index (χ2v) is 13.3. The Morgan fingerprint density at radius 3 is 1.29 bits per heavy atom. The van der Waals surface area contributed by atoms with E-state index < -0.39 is 12.1 Å². The van der Waals surface area contributed by atoms with E-state index in [2.05, 4.69) is 116 Å². The molecule has 0 fully saturated rings. The van der Waals surface area contributed by atoms with E-state index in [1.165, 1.54) is 51.4 Å². The molecule has 0 aromatic heterocycles. The highest BCUT2D eigenvalue weighted by Crippen LogP contribution is 2.13. The summed E-state index contributed by atoms with van der Waals surface area (Å²) in [4.78, 5) is 12.3. The first-order chi connectivity index (χ1) is 25.2. The van der Waals surface area contributed by atoms with Crippen LogP contribution < -0.4 is 5.32 Å². The van der Waals surface area contributed by atoms with Crippen molar-refractivity contribution >= 4 is 5.91 Å². The molecule has 0 aliphatic carbocycles. The molecule has 3 N–H and O–H groups in total. The van der Waals surface area contributed by atoms with Crippen molar-refractivity contribution in [3.63, 3.8) is 0 Å². The number of aliphatic hydroxyl groups is 2. The van der Waals surface area contributed by atoms with Crippen LogP contribution in [0.25, 0.3) is 0 Å². The van der Waals surface area contributed by atoms with Gasteiger partial charge in [-0.3, -0.25) is 4.79 Å². The second-order valence-electron chi connectivity index (χ2n) is 13.3. The van der Waals surface area contributed by atoms with Gasteiger partial charge in [0.2, 0.25) is 5.91 Å². The maximum atomic E-state index is 12.3. The molecular weight excluding hydrogens is 627 g/mol. The number of allylic oxidation sites excluding steroid dienone is 17. The maximum Gasteiger partial charge on any atom is 0.220 e. The van der Waals surface area contributed by atoms with Crippen molar-refractivity contribution in [2.75, 3.05) is 6.61 Å². The van der Waals surface area contributed by atoms with Gasteiger partial charge < -0.3 is 15.5 Å². The lowest BCUT2D eigenvalue weighted by Crippen LogP contribution is -2.45. The summed E-state index contributed by atoms with van der Waals surface area (Å²) in [6.07, 6.45) is 63.4. The van der Waals surface area contributed by atoms with Gasteiger partial charge in [0.05, 0.1) is 18.8 Å². The molecule has 0 aromatic rings. The van der Waals surface area contributed by atoms with E-state index in [0.717, 1.165) is 89.9 Å². The smallest absolute Gasteiger partial charge is 0.220 e. The van der Waals surface area contributed by atoms with Gasteiger partial charge in [0.25, 0.3) is 0 Å². The maximum absolute atomic E-state index is 12.3. The molecule has 0 aliphatic rings. The summed E-state index contributed by atoms with van der Waals surface area (Å²) in [5, 5.41) is 22.8. The highest BCUT2D eigenvalue weighted by molar-refractivity contribution is 5.76. The Balaban J connectivity index is 3.63. The predicted molar refractivity (Wildman–Crippen MR) is 225 cm³/mol. The first-order valence-electron chi connectivity index (χ1n) is 20.6. The Labute approximate surface area is 315 Å². The molecule has 0 saturated carbocycles. The van der Waals surface area contributed by atoms with Crippen molar-refractivity contribution in [1.82, 2.24) is 5.32 Å². The largest absolute Gasteiger partial charge is 0.394 e. The van der Waals surface area contributed by atoms with Gasteiger partial charge >= 0.3 is 0 Å². The fourth-order valence-electron chi connectivity index (χ4n) is 5.39. The average molecular weight is 704 g/mol. The normalized spacial score (nSPS) is 14.2. The van der Waals surface area contributed by atoms with Gasteiger partial charge in [0.1, 0.15) is 0 Å². The molecule has 2 unspecified atom stereocenters. The van der Waals surface area contributed by atoms with Gasteiger partial charge in [0.15, 0.2) is 0 Å². The highest BCUT2D eigenvalue weighted by atomic mass is 16.3. The van der Waals surface area contributed by atoms with E-state index in [1.807, 2.05) is 6.08 Å². The van der Waals surface area contributed by atoms with Crippen LogP contribution in [0.4, 0.5) is 0 Å².